The van der Waals surface area contributed by atoms with Gasteiger partial charge in [0.1, 0.15) is 5.82 Å². The molecule has 0 saturated carbocycles. The molecule has 4 N–H and O–H groups in total. The Morgan fingerprint density at radius 2 is 1.84 bits per heavy atom. The molecule has 1 saturated heterocycles. The Hall–Kier alpha value is -1.89. The lowest BCUT2D eigenvalue weighted by atomic mass is 10.1. The quantitative estimate of drug-likeness (QED) is 0.559. The number of nitrogens with two attached hydrogens (primary N) is 1. The number of nitrogen functional groups attached to an aromatic ring is 1. The molecule has 0 amide bonds. The summed E-state index contributed by atoms with van der Waals surface area (Å²) in [7, 11) is 0. The summed E-state index contributed by atoms with van der Waals surface area (Å²) < 4.78 is 0. The standard InChI is InChI=1S/C12H19N7/c13-17-12-15-10-9(8-14-18-10)11(16-12)19-6-4-2-1-3-5-7-19/h8H,1-7,13H2,(H2,14,15,16,17,18). The Bertz CT molecular complexity index is 542. The van der Waals surface area contributed by atoms with Crippen LogP contribution in [0.2, 0.25) is 0 Å². The topological polar surface area (TPSA) is 95.7 Å². The first kappa shape index (κ1) is 12.2. The molecule has 0 radical (unpaired) electrons. The molecule has 1 aliphatic rings. The van der Waals surface area contributed by atoms with E-state index in [1.54, 1.807) is 6.20 Å². The van der Waals surface area contributed by atoms with Gasteiger partial charge in [-0.2, -0.15) is 15.1 Å². The van der Waals surface area contributed by atoms with Crippen LogP contribution in [0.5, 0.6) is 0 Å². The number of nitrogens with one attached hydrogen (secondary N) is 2. The van der Waals surface area contributed by atoms with Gasteiger partial charge in [0.2, 0.25) is 5.95 Å². The summed E-state index contributed by atoms with van der Waals surface area (Å²) in [5.41, 5.74) is 3.24. The number of hydrogen-bond acceptors (Lipinski definition) is 6. The van der Waals surface area contributed by atoms with Crippen LogP contribution in [-0.4, -0.2) is 33.3 Å². The summed E-state index contributed by atoms with van der Waals surface area (Å²) in [6, 6.07) is 0. The fraction of sp³-hybridized carbons (Fsp3) is 0.583. The number of hydrazine groups is 1. The Morgan fingerprint density at radius 3 is 2.58 bits per heavy atom. The molecule has 0 bridgehead atoms. The molecule has 0 aliphatic carbocycles. The van der Waals surface area contributed by atoms with Crippen LogP contribution in [0.4, 0.5) is 11.8 Å². The van der Waals surface area contributed by atoms with Crippen LogP contribution in [-0.2, 0) is 0 Å². The fourth-order valence-corrected chi connectivity index (χ4v) is 2.58. The van der Waals surface area contributed by atoms with E-state index in [0.29, 0.717) is 5.95 Å². The molecule has 2 aromatic rings. The first-order valence-electron chi connectivity index (χ1n) is 6.81. The number of anilines is 2. The van der Waals surface area contributed by atoms with E-state index in [0.717, 1.165) is 29.9 Å². The molecule has 7 nitrogen and oxygen atoms in total. The van der Waals surface area contributed by atoms with Gasteiger partial charge >= 0.3 is 0 Å². The Balaban J connectivity index is 1.98. The monoisotopic (exact) mass is 261 g/mol. The Labute approximate surface area is 111 Å². The molecule has 3 rings (SSSR count). The summed E-state index contributed by atoms with van der Waals surface area (Å²) in [5, 5.41) is 7.89. The van der Waals surface area contributed by atoms with Crippen molar-refractivity contribution < 1.29 is 0 Å². The minimum atomic E-state index is 0.425. The van der Waals surface area contributed by atoms with Crippen LogP contribution in [0.15, 0.2) is 6.20 Å². The molecule has 7 heteroatoms. The smallest absolute Gasteiger partial charge is 0.241 e. The molecular weight excluding hydrogens is 242 g/mol. The predicted molar refractivity (Wildman–Crippen MR) is 74.8 cm³/mol. The predicted octanol–water partition coefficient (Wildman–Crippen LogP) is 1.41. The van der Waals surface area contributed by atoms with E-state index in [2.05, 4.69) is 30.5 Å². The second kappa shape index (κ2) is 5.40. The first-order chi connectivity index (χ1) is 9.38. The largest absolute Gasteiger partial charge is 0.356 e. The highest BCUT2D eigenvalue weighted by Crippen LogP contribution is 2.25. The molecule has 0 unspecified atom stereocenters. The third-order valence-corrected chi connectivity index (χ3v) is 3.57. The average molecular weight is 261 g/mol. The van der Waals surface area contributed by atoms with Crippen molar-refractivity contribution in [1.29, 1.82) is 0 Å². The molecule has 2 aromatic heterocycles. The van der Waals surface area contributed by atoms with E-state index in [1.807, 2.05) is 0 Å². The van der Waals surface area contributed by atoms with E-state index in [9.17, 15) is 0 Å². The highest BCUT2D eigenvalue weighted by molar-refractivity contribution is 5.87. The van der Waals surface area contributed by atoms with Crippen LogP contribution in [0, 0.1) is 0 Å². The summed E-state index contributed by atoms with van der Waals surface area (Å²) in [5.74, 6) is 6.79. The number of nitrogens with zero attached hydrogens (tertiary/aromatic N) is 4. The lowest BCUT2D eigenvalue weighted by Gasteiger charge is -2.26. The average Bonchev–Trinajstić information content (AvgIpc) is 2.85. The molecule has 1 aliphatic heterocycles. The van der Waals surface area contributed by atoms with E-state index >= 15 is 0 Å². The number of aromatic amines is 1. The van der Waals surface area contributed by atoms with Crippen molar-refractivity contribution >= 4 is 22.8 Å². The second-order valence-electron chi connectivity index (χ2n) is 4.90. The summed E-state index contributed by atoms with van der Waals surface area (Å²) in [6.07, 6.45) is 8.11. The molecule has 0 aromatic carbocycles. The molecule has 0 spiro atoms. The zero-order valence-corrected chi connectivity index (χ0v) is 10.9. The fourth-order valence-electron chi connectivity index (χ4n) is 2.58. The van der Waals surface area contributed by atoms with Gasteiger partial charge in [-0.15, -0.1) is 0 Å². The van der Waals surface area contributed by atoms with E-state index in [4.69, 9.17) is 5.84 Å². The van der Waals surface area contributed by atoms with Crippen molar-refractivity contribution in [2.75, 3.05) is 23.4 Å². The van der Waals surface area contributed by atoms with Crippen LogP contribution >= 0.6 is 0 Å². The van der Waals surface area contributed by atoms with Crippen LogP contribution in [0.3, 0.4) is 0 Å². The van der Waals surface area contributed by atoms with Crippen LogP contribution < -0.4 is 16.2 Å². The van der Waals surface area contributed by atoms with Crippen molar-refractivity contribution in [3.05, 3.63) is 6.20 Å². The Morgan fingerprint density at radius 1 is 1.11 bits per heavy atom. The SMILES string of the molecule is NNc1nc(N2CCCCCCC2)c2cn[nH]c2n1. The zero-order chi connectivity index (χ0) is 13.1. The Kier molecular flexibility index (Phi) is 3.45. The number of aromatic nitrogens is 4. The van der Waals surface area contributed by atoms with Crippen molar-refractivity contribution in [3.8, 4) is 0 Å². The molecule has 1 fully saturated rings. The highest BCUT2D eigenvalue weighted by atomic mass is 15.3. The maximum Gasteiger partial charge on any atom is 0.241 e. The van der Waals surface area contributed by atoms with Gasteiger partial charge in [0, 0.05) is 13.1 Å². The zero-order valence-electron chi connectivity index (χ0n) is 10.9. The summed E-state index contributed by atoms with van der Waals surface area (Å²) in [4.78, 5) is 11.1. The maximum absolute atomic E-state index is 5.44. The normalized spacial score (nSPS) is 17.2. The third-order valence-electron chi connectivity index (χ3n) is 3.57. The maximum atomic E-state index is 5.44. The van der Waals surface area contributed by atoms with Gasteiger partial charge in [0.15, 0.2) is 5.65 Å². The van der Waals surface area contributed by atoms with Gasteiger partial charge < -0.3 is 4.90 Å². The summed E-state index contributed by atoms with van der Waals surface area (Å²) >= 11 is 0. The molecule has 19 heavy (non-hydrogen) atoms. The lowest BCUT2D eigenvalue weighted by molar-refractivity contribution is 0.554. The van der Waals surface area contributed by atoms with Crippen LogP contribution in [0.1, 0.15) is 32.1 Å². The van der Waals surface area contributed by atoms with Gasteiger partial charge in [-0.25, -0.2) is 5.84 Å². The first-order valence-corrected chi connectivity index (χ1v) is 6.81. The van der Waals surface area contributed by atoms with Gasteiger partial charge in [0.05, 0.1) is 11.6 Å². The second-order valence-corrected chi connectivity index (χ2v) is 4.90. The number of rotatable bonds is 2. The number of H-pyrrole nitrogens is 1. The minimum absolute atomic E-state index is 0.425. The number of hydrogen-bond donors (Lipinski definition) is 3. The van der Waals surface area contributed by atoms with E-state index < -0.39 is 0 Å². The molecule has 102 valence electrons. The van der Waals surface area contributed by atoms with Crippen molar-refractivity contribution in [3.63, 3.8) is 0 Å². The van der Waals surface area contributed by atoms with Gasteiger partial charge in [-0.3, -0.25) is 10.5 Å². The van der Waals surface area contributed by atoms with Crippen LogP contribution in [0.25, 0.3) is 11.0 Å². The summed E-state index contributed by atoms with van der Waals surface area (Å²) in [6.45, 7) is 2.06. The molecule has 3 heterocycles. The third kappa shape index (κ3) is 2.46. The molecular formula is C12H19N7. The van der Waals surface area contributed by atoms with Gasteiger partial charge in [0.25, 0.3) is 0 Å². The van der Waals surface area contributed by atoms with E-state index in [1.165, 1.54) is 32.1 Å². The highest BCUT2D eigenvalue weighted by Gasteiger charge is 2.16. The van der Waals surface area contributed by atoms with Crippen molar-refractivity contribution in [1.82, 2.24) is 20.2 Å². The van der Waals surface area contributed by atoms with E-state index in [-0.39, 0.29) is 0 Å². The number of fused-ring (bicyclic) bond motifs is 1. The molecule has 0 atom stereocenters. The van der Waals surface area contributed by atoms with Gasteiger partial charge in [-0.05, 0) is 12.8 Å². The minimum Gasteiger partial charge on any atom is -0.356 e. The van der Waals surface area contributed by atoms with Gasteiger partial charge in [-0.1, -0.05) is 19.3 Å². The van der Waals surface area contributed by atoms with Crippen molar-refractivity contribution in [2.24, 2.45) is 5.84 Å². The van der Waals surface area contributed by atoms with Crippen molar-refractivity contribution in [2.45, 2.75) is 32.1 Å². The lowest BCUT2D eigenvalue weighted by Crippen LogP contribution is -2.28.